The number of hydrogen-bond donors (Lipinski definition) is 0. The van der Waals surface area contributed by atoms with E-state index in [9.17, 15) is 8.42 Å². The topological polar surface area (TPSA) is 58.4 Å². The van der Waals surface area contributed by atoms with Crippen LogP contribution in [0.1, 0.15) is 12.7 Å². The number of piperazine rings is 1. The Morgan fingerprint density at radius 2 is 1.92 bits per heavy atom. The molecular weight excluding hydrogens is 360 g/mol. The summed E-state index contributed by atoms with van der Waals surface area (Å²) in [5.41, 5.74) is 0. The Labute approximate surface area is 154 Å². The third-order valence-corrected chi connectivity index (χ3v) is 6.67. The van der Waals surface area contributed by atoms with Gasteiger partial charge in [0.2, 0.25) is 10.0 Å². The molecule has 0 radical (unpaired) electrons. The van der Waals surface area contributed by atoms with Gasteiger partial charge in [0, 0.05) is 63.1 Å². The summed E-state index contributed by atoms with van der Waals surface area (Å²) >= 11 is 5.93. The third kappa shape index (κ3) is 4.23. The van der Waals surface area contributed by atoms with E-state index >= 15 is 0 Å². The van der Waals surface area contributed by atoms with Crippen LogP contribution < -0.4 is 0 Å². The number of imidazole rings is 1. The first kappa shape index (κ1) is 18.4. The average Bonchev–Trinajstić information content (AvgIpc) is 3.08. The Bertz CT molecular complexity index is 814. The third-order valence-electron chi connectivity index (χ3n) is 4.54. The molecule has 1 aromatic carbocycles. The normalized spacial score (nSPS) is 17.0. The summed E-state index contributed by atoms with van der Waals surface area (Å²) in [5, 5.41) is 0.437. The van der Waals surface area contributed by atoms with Gasteiger partial charge in [-0.2, -0.15) is 4.31 Å². The quantitative estimate of drug-likeness (QED) is 0.767. The van der Waals surface area contributed by atoms with E-state index < -0.39 is 10.0 Å². The van der Waals surface area contributed by atoms with Crippen molar-refractivity contribution in [3.05, 3.63) is 47.5 Å². The molecule has 3 rings (SSSR count). The van der Waals surface area contributed by atoms with Crippen LogP contribution in [-0.2, 0) is 23.0 Å². The van der Waals surface area contributed by atoms with Crippen LogP contribution in [0.3, 0.4) is 0 Å². The van der Waals surface area contributed by atoms with Gasteiger partial charge in [-0.15, -0.1) is 0 Å². The number of aromatic nitrogens is 2. The van der Waals surface area contributed by atoms with Crippen molar-refractivity contribution >= 4 is 21.6 Å². The van der Waals surface area contributed by atoms with Crippen molar-refractivity contribution in [2.24, 2.45) is 0 Å². The second kappa shape index (κ2) is 7.86. The van der Waals surface area contributed by atoms with Crippen LogP contribution in [0.25, 0.3) is 0 Å². The molecule has 0 atom stereocenters. The molecule has 1 saturated heterocycles. The summed E-state index contributed by atoms with van der Waals surface area (Å²) in [6.07, 6.45) is 4.74. The van der Waals surface area contributed by atoms with Crippen molar-refractivity contribution in [1.82, 2.24) is 18.8 Å². The first-order valence-corrected chi connectivity index (χ1v) is 10.3. The molecule has 1 fully saturated rings. The van der Waals surface area contributed by atoms with Crippen LogP contribution in [0.2, 0.25) is 5.02 Å². The number of sulfonamides is 1. The summed E-state index contributed by atoms with van der Waals surface area (Å²) in [6.45, 7) is 6.33. The number of aryl methyl sites for hydroxylation is 1. The van der Waals surface area contributed by atoms with E-state index in [1.54, 1.807) is 22.5 Å². The zero-order chi connectivity index (χ0) is 17.9. The molecule has 0 N–H and O–H groups in total. The van der Waals surface area contributed by atoms with Crippen LogP contribution in [0, 0.1) is 0 Å². The Kier molecular flexibility index (Phi) is 5.78. The Balaban J connectivity index is 1.56. The predicted molar refractivity (Wildman–Crippen MR) is 98.3 cm³/mol. The number of rotatable bonds is 6. The molecule has 1 aliphatic heterocycles. The molecule has 25 heavy (non-hydrogen) atoms. The van der Waals surface area contributed by atoms with Crippen LogP contribution in [0.15, 0.2) is 41.6 Å². The molecular formula is C17H23ClN4O2S. The van der Waals surface area contributed by atoms with E-state index in [1.165, 1.54) is 6.07 Å². The number of halogens is 1. The van der Waals surface area contributed by atoms with Gasteiger partial charge >= 0.3 is 0 Å². The highest BCUT2D eigenvalue weighted by atomic mass is 35.5. The fraction of sp³-hybridized carbons (Fsp3) is 0.471. The molecule has 0 saturated carbocycles. The van der Waals surface area contributed by atoms with Gasteiger partial charge in [0.1, 0.15) is 5.82 Å². The van der Waals surface area contributed by atoms with Crippen LogP contribution in [0.4, 0.5) is 0 Å². The molecule has 0 unspecified atom stereocenters. The Hall–Kier alpha value is -1.41. The zero-order valence-electron chi connectivity index (χ0n) is 14.3. The van der Waals surface area contributed by atoms with Gasteiger partial charge in [0.15, 0.2) is 0 Å². The van der Waals surface area contributed by atoms with E-state index in [0.717, 1.165) is 38.4 Å². The van der Waals surface area contributed by atoms with Gasteiger partial charge in [-0.05, 0) is 18.2 Å². The van der Waals surface area contributed by atoms with Crippen LogP contribution in [-0.4, -0.2) is 59.9 Å². The van der Waals surface area contributed by atoms with Crippen molar-refractivity contribution in [2.45, 2.75) is 24.8 Å². The molecule has 8 heteroatoms. The minimum Gasteiger partial charge on any atom is -0.334 e. The van der Waals surface area contributed by atoms with E-state index in [4.69, 9.17) is 11.6 Å². The summed E-state index contributed by atoms with van der Waals surface area (Å²) in [4.78, 5) is 6.89. The van der Waals surface area contributed by atoms with Crippen molar-refractivity contribution in [3.63, 3.8) is 0 Å². The molecule has 1 aromatic heterocycles. The molecule has 2 aromatic rings. The van der Waals surface area contributed by atoms with Gasteiger partial charge < -0.3 is 4.57 Å². The monoisotopic (exact) mass is 382 g/mol. The minimum absolute atomic E-state index is 0.263. The van der Waals surface area contributed by atoms with Crippen molar-refractivity contribution in [2.75, 3.05) is 32.7 Å². The minimum atomic E-state index is -3.47. The molecule has 1 aliphatic rings. The largest absolute Gasteiger partial charge is 0.334 e. The predicted octanol–water partition coefficient (Wildman–Crippen LogP) is 2.11. The van der Waals surface area contributed by atoms with Gasteiger partial charge in [-0.25, -0.2) is 13.4 Å². The lowest BCUT2D eigenvalue weighted by Gasteiger charge is -2.34. The van der Waals surface area contributed by atoms with Crippen molar-refractivity contribution in [3.8, 4) is 0 Å². The first-order valence-electron chi connectivity index (χ1n) is 8.49. The van der Waals surface area contributed by atoms with Crippen LogP contribution >= 0.6 is 11.6 Å². The van der Waals surface area contributed by atoms with Crippen molar-refractivity contribution in [1.29, 1.82) is 0 Å². The first-order chi connectivity index (χ1) is 12.0. The van der Waals surface area contributed by atoms with E-state index in [0.29, 0.717) is 18.1 Å². The molecule has 136 valence electrons. The molecule has 0 bridgehead atoms. The fourth-order valence-corrected chi connectivity index (χ4v) is 4.80. The summed E-state index contributed by atoms with van der Waals surface area (Å²) in [7, 11) is -3.47. The smallest absolute Gasteiger partial charge is 0.243 e. The number of nitrogens with zero attached hydrogens (tertiary/aromatic N) is 4. The second-order valence-corrected chi connectivity index (χ2v) is 8.47. The molecule has 6 nitrogen and oxygen atoms in total. The van der Waals surface area contributed by atoms with Gasteiger partial charge in [-0.1, -0.05) is 24.6 Å². The van der Waals surface area contributed by atoms with Crippen LogP contribution in [0.5, 0.6) is 0 Å². The maximum absolute atomic E-state index is 12.7. The van der Waals surface area contributed by atoms with E-state index in [1.807, 2.05) is 12.4 Å². The average molecular weight is 383 g/mol. The summed E-state index contributed by atoms with van der Waals surface area (Å²) in [5.74, 6) is 1.09. The molecule has 0 aliphatic carbocycles. The van der Waals surface area contributed by atoms with Gasteiger partial charge in [0.05, 0.1) is 4.90 Å². The Morgan fingerprint density at radius 3 is 2.60 bits per heavy atom. The molecule has 0 spiro atoms. The maximum Gasteiger partial charge on any atom is 0.243 e. The summed E-state index contributed by atoms with van der Waals surface area (Å²) in [6, 6.07) is 6.45. The lowest BCUT2D eigenvalue weighted by Crippen LogP contribution is -2.49. The number of hydrogen-bond acceptors (Lipinski definition) is 4. The highest BCUT2D eigenvalue weighted by molar-refractivity contribution is 7.89. The van der Waals surface area contributed by atoms with Crippen molar-refractivity contribution < 1.29 is 8.42 Å². The highest BCUT2D eigenvalue weighted by Crippen LogP contribution is 2.20. The second-order valence-electron chi connectivity index (χ2n) is 6.09. The van der Waals surface area contributed by atoms with E-state index in [-0.39, 0.29) is 4.90 Å². The lowest BCUT2D eigenvalue weighted by atomic mass is 10.3. The summed E-state index contributed by atoms with van der Waals surface area (Å²) < 4.78 is 29.1. The zero-order valence-corrected chi connectivity index (χ0v) is 15.9. The molecule has 2 heterocycles. The van der Waals surface area contributed by atoms with E-state index in [2.05, 4.69) is 21.4 Å². The maximum atomic E-state index is 12.7. The lowest BCUT2D eigenvalue weighted by molar-refractivity contribution is 0.182. The standard InChI is InChI=1S/C17H23ClN4O2S/c1-2-17-19-6-7-21(17)11-8-20-9-12-22(13-10-20)25(23,24)16-5-3-4-15(18)14-16/h3-7,14H,2,8-13H2,1H3. The Morgan fingerprint density at radius 1 is 1.16 bits per heavy atom. The molecule has 0 amide bonds. The SMILES string of the molecule is CCc1nccn1CCN1CCN(S(=O)(=O)c2cccc(Cl)c2)CC1. The van der Waals surface area contributed by atoms with Gasteiger partial charge in [-0.3, -0.25) is 4.90 Å². The fourth-order valence-electron chi connectivity index (χ4n) is 3.08. The van der Waals surface area contributed by atoms with Gasteiger partial charge in [0.25, 0.3) is 0 Å². The number of benzene rings is 1. The highest BCUT2D eigenvalue weighted by Gasteiger charge is 2.28.